The fourth-order valence-electron chi connectivity index (χ4n) is 2.09. The molecule has 5 nitrogen and oxygen atoms in total. The van der Waals surface area contributed by atoms with Gasteiger partial charge in [-0.15, -0.1) is 0 Å². The molecule has 1 rings (SSSR count). The van der Waals surface area contributed by atoms with Crippen molar-refractivity contribution in [1.29, 1.82) is 0 Å². The molecule has 5 heteroatoms. The normalized spacial score (nSPS) is 25.5. The summed E-state index contributed by atoms with van der Waals surface area (Å²) in [5, 5.41) is 9.02. The second-order valence-electron chi connectivity index (χ2n) is 4.34. The van der Waals surface area contributed by atoms with Crippen molar-refractivity contribution >= 4 is 5.97 Å². The number of carboxylic acids is 1. The predicted octanol–water partition coefficient (Wildman–Crippen LogP) is -0.576. The van der Waals surface area contributed by atoms with Crippen LogP contribution < -0.4 is 5.73 Å². The molecule has 88 valence electrons. The van der Waals surface area contributed by atoms with E-state index >= 15 is 0 Å². The molecular formula is C10H21N3O2. The van der Waals surface area contributed by atoms with Gasteiger partial charge in [0.1, 0.15) is 6.04 Å². The average Bonchev–Trinajstić information content (AvgIpc) is 2.18. The smallest absolute Gasteiger partial charge is 0.322 e. The van der Waals surface area contributed by atoms with E-state index in [4.69, 9.17) is 10.8 Å². The highest BCUT2D eigenvalue weighted by Gasteiger charge is 2.29. The Labute approximate surface area is 90.8 Å². The number of likely N-dealkylation sites (N-methyl/N-ethyl adjacent to an activating group) is 1. The Bertz CT molecular complexity index is 221. The van der Waals surface area contributed by atoms with Crippen molar-refractivity contribution in [2.75, 3.05) is 33.7 Å². The SMILES string of the molecule is CN(C)C1CCCN(C(CN)C(=O)O)C1. The van der Waals surface area contributed by atoms with Crippen molar-refractivity contribution in [3.05, 3.63) is 0 Å². The molecule has 0 radical (unpaired) electrons. The minimum atomic E-state index is -0.808. The molecule has 1 saturated heterocycles. The zero-order valence-electron chi connectivity index (χ0n) is 9.52. The van der Waals surface area contributed by atoms with Crippen molar-refractivity contribution in [3.8, 4) is 0 Å². The van der Waals surface area contributed by atoms with Crippen LogP contribution in [0.2, 0.25) is 0 Å². The molecule has 3 N–H and O–H groups in total. The summed E-state index contributed by atoms with van der Waals surface area (Å²) in [4.78, 5) is 15.1. The molecule has 0 aliphatic carbocycles. The second-order valence-corrected chi connectivity index (χ2v) is 4.34. The summed E-state index contributed by atoms with van der Waals surface area (Å²) >= 11 is 0. The number of likely N-dealkylation sites (tertiary alicyclic amines) is 1. The van der Waals surface area contributed by atoms with Crippen molar-refractivity contribution in [1.82, 2.24) is 9.80 Å². The van der Waals surface area contributed by atoms with Crippen molar-refractivity contribution < 1.29 is 9.90 Å². The number of carboxylic acid groups (broad SMARTS) is 1. The van der Waals surface area contributed by atoms with E-state index in [1.165, 1.54) is 0 Å². The number of nitrogens with two attached hydrogens (primary N) is 1. The highest BCUT2D eigenvalue weighted by molar-refractivity contribution is 5.73. The first-order valence-corrected chi connectivity index (χ1v) is 5.39. The number of piperidine rings is 1. The number of rotatable bonds is 4. The maximum absolute atomic E-state index is 11.0. The number of hydrogen-bond acceptors (Lipinski definition) is 4. The van der Waals surface area contributed by atoms with Gasteiger partial charge in [0.25, 0.3) is 0 Å². The molecule has 1 aliphatic heterocycles. The van der Waals surface area contributed by atoms with Gasteiger partial charge in [-0.25, -0.2) is 0 Å². The van der Waals surface area contributed by atoms with E-state index in [-0.39, 0.29) is 6.54 Å². The van der Waals surface area contributed by atoms with Crippen molar-refractivity contribution in [2.24, 2.45) is 5.73 Å². The summed E-state index contributed by atoms with van der Waals surface area (Å²) in [7, 11) is 4.07. The third-order valence-corrected chi connectivity index (χ3v) is 3.11. The van der Waals surface area contributed by atoms with E-state index in [1.54, 1.807) is 0 Å². The molecule has 0 spiro atoms. The van der Waals surface area contributed by atoms with Gasteiger partial charge in [-0.2, -0.15) is 0 Å². The van der Waals surface area contributed by atoms with E-state index in [1.807, 2.05) is 19.0 Å². The van der Waals surface area contributed by atoms with Crippen LogP contribution in [0.25, 0.3) is 0 Å². The molecule has 0 aromatic heterocycles. The van der Waals surface area contributed by atoms with Gasteiger partial charge in [-0.3, -0.25) is 9.69 Å². The highest BCUT2D eigenvalue weighted by Crippen LogP contribution is 2.15. The van der Waals surface area contributed by atoms with E-state index < -0.39 is 12.0 Å². The van der Waals surface area contributed by atoms with Crippen LogP contribution in [0.4, 0.5) is 0 Å². The van der Waals surface area contributed by atoms with Crippen LogP contribution >= 0.6 is 0 Å². The van der Waals surface area contributed by atoms with Gasteiger partial charge in [0.15, 0.2) is 0 Å². The molecule has 15 heavy (non-hydrogen) atoms. The summed E-state index contributed by atoms with van der Waals surface area (Å²) in [6.45, 7) is 1.84. The van der Waals surface area contributed by atoms with E-state index in [0.717, 1.165) is 25.9 Å². The lowest BCUT2D eigenvalue weighted by Gasteiger charge is -2.38. The Morgan fingerprint density at radius 1 is 1.67 bits per heavy atom. The van der Waals surface area contributed by atoms with Crippen LogP contribution in [-0.2, 0) is 4.79 Å². The third-order valence-electron chi connectivity index (χ3n) is 3.11. The van der Waals surface area contributed by atoms with Crippen molar-refractivity contribution in [2.45, 2.75) is 24.9 Å². The van der Waals surface area contributed by atoms with Crippen LogP contribution in [-0.4, -0.2) is 66.7 Å². The molecule has 0 amide bonds. The molecule has 1 fully saturated rings. The largest absolute Gasteiger partial charge is 0.480 e. The number of carbonyl (C=O) groups is 1. The van der Waals surface area contributed by atoms with Crippen LogP contribution in [0.1, 0.15) is 12.8 Å². The van der Waals surface area contributed by atoms with Crippen molar-refractivity contribution in [3.63, 3.8) is 0 Å². The zero-order chi connectivity index (χ0) is 11.4. The third kappa shape index (κ3) is 3.15. The minimum absolute atomic E-state index is 0.190. The molecule has 1 aliphatic rings. The molecule has 0 aromatic carbocycles. The summed E-state index contributed by atoms with van der Waals surface area (Å²) < 4.78 is 0. The fraction of sp³-hybridized carbons (Fsp3) is 0.900. The quantitative estimate of drug-likeness (QED) is 0.657. The Balaban J connectivity index is 2.58. The lowest BCUT2D eigenvalue weighted by molar-refractivity contribution is -0.143. The summed E-state index contributed by atoms with van der Waals surface area (Å²) in [5.74, 6) is -0.808. The Hall–Kier alpha value is -0.650. The van der Waals surface area contributed by atoms with Gasteiger partial charge in [0.2, 0.25) is 0 Å². The first kappa shape index (κ1) is 12.4. The van der Waals surface area contributed by atoms with Gasteiger partial charge in [-0.1, -0.05) is 0 Å². The second kappa shape index (κ2) is 5.44. The van der Waals surface area contributed by atoms with Gasteiger partial charge in [-0.05, 0) is 33.5 Å². The minimum Gasteiger partial charge on any atom is -0.480 e. The molecule has 0 bridgehead atoms. The first-order valence-electron chi connectivity index (χ1n) is 5.39. The van der Waals surface area contributed by atoms with Crippen LogP contribution in [0.15, 0.2) is 0 Å². The Kier molecular flexibility index (Phi) is 4.50. The van der Waals surface area contributed by atoms with Gasteiger partial charge < -0.3 is 15.7 Å². The maximum atomic E-state index is 11.0. The lowest BCUT2D eigenvalue weighted by atomic mass is 10.0. The summed E-state index contributed by atoms with van der Waals surface area (Å²) in [6, 6.07) is -0.0695. The lowest BCUT2D eigenvalue weighted by Crippen LogP contribution is -2.54. The van der Waals surface area contributed by atoms with E-state index in [0.29, 0.717) is 6.04 Å². The predicted molar refractivity (Wildman–Crippen MR) is 58.8 cm³/mol. The number of nitrogens with zero attached hydrogens (tertiary/aromatic N) is 2. The number of hydrogen-bond donors (Lipinski definition) is 2. The standard InChI is InChI=1S/C10H21N3O2/c1-12(2)8-4-3-5-13(7-8)9(6-11)10(14)15/h8-9H,3-7,11H2,1-2H3,(H,14,15). The number of aliphatic carboxylic acids is 1. The topological polar surface area (TPSA) is 69.8 Å². The molecule has 2 atom stereocenters. The molecule has 2 unspecified atom stereocenters. The molecular weight excluding hydrogens is 194 g/mol. The molecule has 1 heterocycles. The van der Waals surface area contributed by atoms with Gasteiger partial charge in [0.05, 0.1) is 0 Å². The van der Waals surface area contributed by atoms with Gasteiger partial charge in [0, 0.05) is 19.1 Å². The van der Waals surface area contributed by atoms with E-state index in [9.17, 15) is 4.79 Å². The maximum Gasteiger partial charge on any atom is 0.322 e. The Morgan fingerprint density at radius 3 is 2.80 bits per heavy atom. The Morgan fingerprint density at radius 2 is 2.33 bits per heavy atom. The molecule has 0 aromatic rings. The summed E-state index contributed by atoms with van der Waals surface area (Å²) in [6.07, 6.45) is 2.19. The van der Waals surface area contributed by atoms with Crippen LogP contribution in [0, 0.1) is 0 Å². The zero-order valence-corrected chi connectivity index (χ0v) is 9.52. The highest BCUT2D eigenvalue weighted by atomic mass is 16.4. The monoisotopic (exact) mass is 215 g/mol. The van der Waals surface area contributed by atoms with Gasteiger partial charge >= 0.3 is 5.97 Å². The molecule has 0 saturated carbocycles. The fourth-order valence-corrected chi connectivity index (χ4v) is 2.09. The summed E-state index contributed by atoms with van der Waals surface area (Å²) in [5.41, 5.74) is 5.49. The van der Waals surface area contributed by atoms with E-state index in [2.05, 4.69) is 4.90 Å². The van der Waals surface area contributed by atoms with Crippen LogP contribution in [0.3, 0.4) is 0 Å². The first-order chi connectivity index (χ1) is 7.06. The van der Waals surface area contributed by atoms with Crippen LogP contribution in [0.5, 0.6) is 0 Å². The average molecular weight is 215 g/mol.